The average molecular weight is 303 g/mol. The van der Waals surface area contributed by atoms with Crippen LogP contribution in [0.15, 0.2) is 42.5 Å². The van der Waals surface area contributed by atoms with Crippen molar-refractivity contribution in [1.29, 1.82) is 0 Å². The fourth-order valence-corrected chi connectivity index (χ4v) is 2.10. The van der Waals surface area contributed by atoms with E-state index in [4.69, 9.17) is 11.6 Å². The van der Waals surface area contributed by atoms with Gasteiger partial charge >= 0.3 is 0 Å². The van der Waals surface area contributed by atoms with Crippen LogP contribution in [0.5, 0.6) is 0 Å². The van der Waals surface area contributed by atoms with E-state index in [1.807, 2.05) is 32.9 Å². The third-order valence-electron chi connectivity index (χ3n) is 3.27. The topological polar surface area (TPSA) is 41.1 Å². The van der Waals surface area contributed by atoms with Gasteiger partial charge in [-0.3, -0.25) is 4.79 Å². The molecular formula is C17H19ClN2O. The van der Waals surface area contributed by atoms with Crippen LogP contribution >= 0.6 is 11.6 Å². The molecule has 0 radical (unpaired) electrons. The molecule has 0 fully saturated rings. The standard InChI is InChI=1S/C17H19ClN2O/c1-11-4-5-12(2)16(10-11)19-13(3)17(21)20-15-8-6-14(18)7-9-15/h4-10,13,19H,1-3H3,(H,20,21)/t13-/m1/s1. The molecule has 0 spiro atoms. The minimum Gasteiger partial charge on any atom is -0.374 e. The molecule has 4 heteroatoms. The number of nitrogens with one attached hydrogen (secondary N) is 2. The molecule has 3 nitrogen and oxygen atoms in total. The molecule has 0 bridgehead atoms. The van der Waals surface area contributed by atoms with Crippen molar-refractivity contribution in [2.24, 2.45) is 0 Å². The largest absolute Gasteiger partial charge is 0.374 e. The Labute approximate surface area is 130 Å². The van der Waals surface area contributed by atoms with E-state index in [1.54, 1.807) is 24.3 Å². The Morgan fingerprint density at radius 1 is 1.10 bits per heavy atom. The highest BCUT2D eigenvalue weighted by molar-refractivity contribution is 6.30. The first-order chi connectivity index (χ1) is 9.95. The van der Waals surface area contributed by atoms with Crippen molar-refractivity contribution in [3.8, 4) is 0 Å². The van der Waals surface area contributed by atoms with Gasteiger partial charge in [-0.05, 0) is 62.2 Å². The van der Waals surface area contributed by atoms with E-state index in [9.17, 15) is 4.79 Å². The first-order valence-corrected chi connectivity index (χ1v) is 7.24. The van der Waals surface area contributed by atoms with E-state index in [2.05, 4.69) is 16.7 Å². The summed E-state index contributed by atoms with van der Waals surface area (Å²) in [6.07, 6.45) is 0. The fraction of sp³-hybridized carbons (Fsp3) is 0.235. The number of carbonyl (C=O) groups is 1. The third-order valence-corrected chi connectivity index (χ3v) is 3.52. The van der Waals surface area contributed by atoms with Crippen molar-refractivity contribution in [3.05, 3.63) is 58.6 Å². The monoisotopic (exact) mass is 302 g/mol. The van der Waals surface area contributed by atoms with Gasteiger partial charge in [0.25, 0.3) is 0 Å². The maximum Gasteiger partial charge on any atom is 0.246 e. The van der Waals surface area contributed by atoms with Gasteiger partial charge in [-0.1, -0.05) is 23.7 Å². The molecule has 2 aromatic rings. The van der Waals surface area contributed by atoms with Crippen LogP contribution < -0.4 is 10.6 Å². The van der Waals surface area contributed by atoms with E-state index in [-0.39, 0.29) is 11.9 Å². The number of benzene rings is 2. The van der Waals surface area contributed by atoms with E-state index in [0.717, 1.165) is 22.5 Å². The molecule has 0 saturated carbocycles. The number of rotatable bonds is 4. The molecule has 21 heavy (non-hydrogen) atoms. The zero-order chi connectivity index (χ0) is 15.4. The molecular weight excluding hydrogens is 284 g/mol. The Bertz CT molecular complexity index is 638. The summed E-state index contributed by atoms with van der Waals surface area (Å²) in [5.41, 5.74) is 3.99. The zero-order valence-electron chi connectivity index (χ0n) is 12.4. The van der Waals surface area contributed by atoms with Crippen molar-refractivity contribution in [2.45, 2.75) is 26.8 Å². The lowest BCUT2D eigenvalue weighted by molar-refractivity contribution is -0.116. The first-order valence-electron chi connectivity index (χ1n) is 6.86. The number of anilines is 2. The predicted octanol–water partition coefficient (Wildman–Crippen LogP) is 4.40. The summed E-state index contributed by atoms with van der Waals surface area (Å²) in [6, 6.07) is 12.9. The summed E-state index contributed by atoms with van der Waals surface area (Å²) < 4.78 is 0. The molecule has 0 aromatic heterocycles. The second-order valence-electron chi connectivity index (χ2n) is 5.18. The summed E-state index contributed by atoms with van der Waals surface area (Å²) in [5, 5.41) is 6.76. The van der Waals surface area contributed by atoms with Gasteiger partial charge in [0.1, 0.15) is 6.04 Å². The number of hydrogen-bond donors (Lipinski definition) is 2. The van der Waals surface area contributed by atoms with Crippen LogP contribution in [0.2, 0.25) is 5.02 Å². The Morgan fingerprint density at radius 2 is 1.76 bits per heavy atom. The summed E-state index contributed by atoms with van der Waals surface area (Å²) in [4.78, 5) is 12.2. The van der Waals surface area contributed by atoms with Crippen LogP contribution in [0.25, 0.3) is 0 Å². The van der Waals surface area contributed by atoms with Gasteiger partial charge in [-0.2, -0.15) is 0 Å². The third kappa shape index (κ3) is 4.23. The van der Waals surface area contributed by atoms with E-state index in [1.165, 1.54) is 0 Å². The van der Waals surface area contributed by atoms with Crippen LogP contribution in [0, 0.1) is 13.8 Å². The summed E-state index contributed by atoms with van der Waals surface area (Å²) in [6.45, 7) is 5.89. The SMILES string of the molecule is Cc1ccc(C)c(N[C@H](C)C(=O)Nc2ccc(Cl)cc2)c1. The lowest BCUT2D eigenvalue weighted by Crippen LogP contribution is -2.32. The number of aryl methyl sites for hydroxylation is 2. The van der Waals surface area contributed by atoms with Crippen molar-refractivity contribution in [3.63, 3.8) is 0 Å². The number of amides is 1. The van der Waals surface area contributed by atoms with Gasteiger partial charge in [-0.25, -0.2) is 0 Å². The molecule has 1 atom stereocenters. The fourth-order valence-electron chi connectivity index (χ4n) is 1.97. The van der Waals surface area contributed by atoms with Gasteiger partial charge in [-0.15, -0.1) is 0 Å². The van der Waals surface area contributed by atoms with Crippen molar-refractivity contribution in [2.75, 3.05) is 10.6 Å². The molecule has 0 aliphatic carbocycles. The highest BCUT2D eigenvalue weighted by Gasteiger charge is 2.13. The number of carbonyl (C=O) groups excluding carboxylic acids is 1. The van der Waals surface area contributed by atoms with E-state index < -0.39 is 0 Å². The smallest absolute Gasteiger partial charge is 0.246 e. The van der Waals surface area contributed by atoms with Crippen LogP contribution in [0.4, 0.5) is 11.4 Å². The van der Waals surface area contributed by atoms with Crippen molar-refractivity contribution >= 4 is 28.9 Å². The van der Waals surface area contributed by atoms with Crippen LogP contribution in [0.1, 0.15) is 18.1 Å². The molecule has 110 valence electrons. The van der Waals surface area contributed by atoms with Gasteiger partial charge < -0.3 is 10.6 Å². The predicted molar refractivity (Wildman–Crippen MR) is 89.1 cm³/mol. The quantitative estimate of drug-likeness (QED) is 0.879. The second-order valence-corrected chi connectivity index (χ2v) is 5.62. The van der Waals surface area contributed by atoms with Crippen molar-refractivity contribution in [1.82, 2.24) is 0 Å². The minimum atomic E-state index is -0.332. The van der Waals surface area contributed by atoms with Gasteiger partial charge in [0.2, 0.25) is 5.91 Å². The zero-order valence-corrected chi connectivity index (χ0v) is 13.2. The second kappa shape index (κ2) is 6.64. The van der Waals surface area contributed by atoms with Crippen molar-refractivity contribution < 1.29 is 4.79 Å². The molecule has 2 aromatic carbocycles. The van der Waals surface area contributed by atoms with Crippen LogP contribution in [0.3, 0.4) is 0 Å². The Balaban J connectivity index is 2.02. The maximum atomic E-state index is 12.2. The van der Waals surface area contributed by atoms with Gasteiger partial charge in [0.05, 0.1) is 0 Å². The first kappa shape index (κ1) is 15.4. The van der Waals surface area contributed by atoms with E-state index >= 15 is 0 Å². The molecule has 0 unspecified atom stereocenters. The Kier molecular flexibility index (Phi) is 4.86. The number of halogens is 1. The highest BCUT2D eigenvalue weighted by atomic mass is 35.5. The van der Waals surface area contributed by atoms with E-state index in [0.29, 0.717) is 5.02 Å². The molecule has 2 N–H and O–H groups in total. The molecule has 0 saturated heterocycles. The van der Waals surface area contributed by atoms with Crippen LogP contribution in [-0.2, 0) is 4.79 Å². The highest BCUT2D eigenvalue weighted by Crippen LogP contribution is 2.18. The number of hydrogen-bond acceptors (Lipinski definition) is 2. The summed E-state index contributed by atoms with van der Waals surface area (Å²) in [7, 11) is 0. The molecule has 0 heterocycles. The molecule has 0 aliphatic rings. The maximum absolute atomic E-state index is 12.2. The van der Waals surface area contributed by atoms with Gasteiger partial charge in [0, 0.05) is 16.4 Å². The van der Waals surface area contributed by atoms with Crippen LogP contribution in [-0.4, -0.2) is 11.9 Å². The summed E-state index contributed by atoms with van der Waals surface area (Å²) in [5.74, 6) is -0.0850. The molecule has 1 amide bonds. The van der Waals surface area contributed by atoms with Gasteiger partial charge in [0.15, 0.2) is 0 Å². The minimum absolute atomic E-state index is 0.0850. The normalized spacial score (nSPS) is 11.8. The molecule has 0 aliphatic heterocycles. The average Bonchev–Trinajstić information content (AvgIpc) is 2.45. The Morgan fingerprint density at radius 3 is 2.43 bits per heavy atom. The lowest BCUT2D eigenvalue weighted by Gasteiger charge is -2.17. The lowest BCUT2D eigenvalue weighted by atomic mass is 10.1. The molecule has 2 rings (SSSR count). The summed E-state index contributed by atoms with van der Waals surface area (Å²) >= 11 is 5.83. The Hall–Kier alpha value is -2.00.